The van der Waals surface area contributed by atoms with E-state index in [0.717, 1.165) is 24.8 Å². The molecule has 0 bridgehead atoms. The molecule has 1 N–H and O–H groups in total. The minimum atomic E-state index is -0.840. The van der Waals surface area contributed by atoms with E-state index >= 15 is 0 Å². The number of allylic oxidation sites excluding steroid dienone is 1. The zero-order valence-corrected chi connectivity index (χ0v) is 21.5. The first-order valence-corrected chi connectivity index (χ1v) is 13.5. The van der Waals surface area contributed by atoms with Crippen molar-refractivity contribution in [2.45, 2.75) is 110 Å². The molecule has 5 heteroatoms. The van der Waals surface area contributed by atoms with Gasteiger partial charge in [0, 0.05) is 18.4 Å². The summed E-state index contributed by atoms with van der Waals surface area (Å²) in [6.07, 6.45) is 10.8. The first kappa shape index (κ1) is 24.2. The highest BCUT2D eigenvalue weighted by molar-refractivity contribution is 5.89. The van der Waals surface area contributed by atoms with Crippen LogP contribution in [0.2, 0.25) is 0 Å². The van der Waals surface area contributed by atoms with Gasteiger partial charge in [0.05, 0.1) is 11.7 Å². The Balaban J connectivity index is 1.29. The van der Waals surface area contributed by atoms with Crippen LogP contribution in [0.25, 0.3) is 0 Å². The SMILES string of the molecule is CCC(=O)/C=C\C[C@@]1(O)C[C@H]2CC[C@]3(C)[C@@H]([C@H](C)[C@H]4CC(C)=C(C)C(=O)O4)CC[C@H]3[C@@H]2[C@@H]2O[C@@H]21. The Kier molecular flexibility index (Phi) is 6.12. The number of aliphatic hydroxyl groups is 1. The molecule has 2 aliphatic heterocycles. The fraction of sp³-hybridized carbons (Fsp3) is 0.793. The lowest BCUT2D eigenvalue weighted by Gasteiger charge is -2.53. The number of hydrogen-bond donors (Lipinski definition) is 1. The molecule has 3 saturated carbocycles. The minimum absolute atomic E-state index is 0.0199. The molecule has 5 nitrogen and oxygen atoms in total. The number of epoxide rings is 1. The predicted octanol–water partition coefficient (Wildman–Crippen LogP) is 5.16. The summed E-state index contributed by atoms with van der Waals surface area (Å²) in [7, 11) is 0. The molecule has 0 radical (unpaired) electrons. The van der Waals surface area contributed by atoms with Crippen LogP contribution in [-0.4, -0.2) is 40.8 Å². The Bertz CT molecular complexity index is 919. The van der Waals surface area contributed by atoms with Crippen molar-refractivity contribution in [2.75, 3.05) is 0 Å². The van der Waals surface area contributed by atoms with Gasteiger partial charge in [-0.3, -0.25) is 4.79 Å². The van der Waals surface area contributed by atoms with Gasteiger partial charge < -0.3 is 14.6 Å². The van der Waals surface area contributed by atoms with E-state index in [1.54, 1.807) is 6.08 Å². The third-order valence-electron chi connectivity index (χ3n) is 10.7. The number of ketones is 1. The van der Waals surface area contributed by atoms with Crippen molar-refractivity contribution in [2.24, 2.45) is 35.0 Å². The summed E-state index contributed by atoms with van der Waals surface area (Å²) in [5.41, 5.74) is 1.34. The van der Waals surface area contributed by atoms with Gasteiger partial charge in [-0.25, -0.2) is 4.79 Å². The van der Waals surface area contributed by atoms with Gasteiger partial charge in [0.25, 0.3) is 0 Å². The molecule has 5 rings (SSSR count). The van der Waals surface area contributed by atoms with Crippen molar-refractivity contribution in [1.82, 2.24) is 0 Å². The number of cyclic esters (lactones) is 1. The molecule has 0 aromatic heterocycles. The summed E-state index contributed by atoms with van der Waals surface area (Å²) < 4.78 is 12.1. The number of esters is 1. The molecule has 0 amide bonds. The summed E-state index contributed by atoms with van der Waals surface area (Å²) in [6.45, 7) is 10.6. The maximum Gasteiger partial charge on any atom is 0.333 e. The Hall–Kier alpha value is -1.46. The lowest BCUT2D eigenvalue weighted by Crippen LogP contribution is -2.53. The molecular weight excluding hydrogens is 428 g/mol. The largest absolute Gasteiger partial charge is 0.458 e. The number of hydrogen-bond acceptors (Lipinski definition) is 5. The van der Waals surface area contributed by atoms with Crippen molar-refractivity contribution in [1.29, 1.82) is 0 Å². The second-order valence-electron chi connectivity index (χ2n) is 12.3. The van der Waals surface area contributed by atoms with Crippen molar-refractivity contribution in [3.8, 4) is 0 Å². The highest BCUT2D eigenvalue weighted by atomic mass is 16.6. The molecule has 3 aliphatic carbocycles. The molecule has 188 valence electrons. The Labute approximate surface area is 204 Å². The monoisotopic (exact) mass is 470 g/mol. The van der Waals surface area contributed by atoms with Gasteiger partial charge in [-0.15, -0.1) is 0 Å². The second kappa shape index (κ2) is 8.58. The van der Waals surface area contributed by atoms with Gasteiger partial charge in [-0.05, 0) is 93.5 Å². The van der Waals surface area contributed by atoms with E-state index in [4.69, 9.17) is 9.47 Å². The Morgan fingerprint density at radius 1 is 1.26 bits per heavy atom. The molecule has 10 atom stereocenters. The summed E-state index contributed by atoms with van der Waals surface area (Å²) in [6, 6.07) is 0. The highest BCUT2D eigenvalue weighted by Crippen LogP contribution is 2.67. The number of rotatable bonds is 6. The van der Waals surface area contributed by atoms with Gasteiger partial charge >= 0.3 is 5.97 Å². The Morgan fingerprint density at radius 3 is 2.74 bits per heavy atom. The van der Waals surface area contributed by atoms with Crippen molar-refractivity contribution in [3.05, 3.63) is 23.3 Å². The minimum Gasteiger partial charge on any atom is -0.458 e. The first-order valence-electron chi connectivity index (χ1n) is 13.5. The third-order valence-corrected chi connectivity index (χ3v) is 10.7. The third kappa shape index (κ3) is 3.82. The summed E-state index contributed by atoms with van der Waals surface area (Å²) >= 11 is 0. The van der Waals surface area contributed by atoms with Crippen LogP contribution in [0, 0.1) is 35.0 Å². The van der Waals surface area contributed by atoms with Crippen molar-refractivity contribution < 1.29 is 24.2 Å². The molecular formula is C29H42O5. The van der Waals surface area contributed by atoms with Crippen LogP contribution in [0.3, 0.4) is 0 Å². The molecule has 34 heavy (non-hydrogen) atoms. The van der Waals surface area contributed by atoms with Crippen LogP contribution in [0.4, 0.5) is 0 Å². The topological polar surface area (TPSA) is 76.1 Å². The lowest BCUT2D eigenvalue weighted by atomic mass is 9.52. The van der Waals surface area contributed by atoms with E-state index in [0.29, 0.717) is 42.4 Å². The van der Waals surface area contributed by atoms with E-state index in [1.807, 2.05) is 19.9 Å². The summed E-state index contributed by atoms with van der Waals surface area (Å²) in [5.74, 6) is 2.46. The van der Waals surface area contributed by atoms with Crippen LogP contribution in [0.5, 0.6) is 0 Å². The quantitative estimate of drug-likeness (QED) is 0.330. The lowest BCUT2D eigenvalue weighted by molar-refractivity contribution is -0.151. The fourth-order valence-electron chi connectivity index (χ4n) is 8.49. The number of fused-ring (bicyclic) bond motifs is 5. The average molecular weight is 471 g/mol. The maximum atomic E-state index is 12.4. The predicted molar refractivity (Wildman–Crippen MR) is 130 cm³/mol. The van der Waals surface area contributed by atoms with Gasteiger partial charge in [-0.1, -0.05) is 32.4 Å². The van der Waals surface area contributed by atoms with Gasteiger partial charge in [0.1, 0.15) is 12.2 Å². The number of carbonyl (C=O) groups is 2. The maximum absolute atomic E-state index is 12.4. The first-order chi connectivity index (χ1) is 16.1. The standard InChI is InChI=1S/C29H42O5/c1-6-20(30)8-7-12-29(32)15-19-11-13-28(5)21(9-10-22(28)24(19)25-26(29)34-25)18(4)23-14-16(2)17(3)27(31)33-23/h7-8,18-19,21-26,32H,6,9-15H2,1-5H3/b8-7-/t18-,19+,21+,22-,23+,24+,25-,26-,28+,29+/m0/s1. The van der Waals surface area contributed by atoms with E-state index in [2.05, 4.69) is 20.8 Å². The smallest absolute Gasteiger partial charge is 0.333 e. The molecule has 0 spiro atoms. The fourth-order valence-corrected chi connectivity index (χ4v) is 8.49. The molecule has 1 saturated heterocycles. The number of ether oxygens (including phenoxy) is 2. The molecule has 4 fully saturated rings. The Morgan fingerprint density at radius 2 is 2.03 bits per heavy atom. The van der Waals surface area contributed by atoms with Crippen molar-refractivity contribution in [3.63, 3.8) is 0 Å². The highest BCUT2D eigenvalue weighted by Gasteiger charge is 2.68. The van der Waals surface area contributed by atoms with Crippen LogP contribution in [0.15, 0.2) is 23.3 Å². The normalized spacial score (nSPS) is 46.5. The van der Waals surface area contributed by atoms with E-state index < -0.39 is 5.60 Å². The molecule has 5 aliphatic rings. The zero-order valence-electron chi connectivity index (χ0n) is 21.5. The average Bonchev–Trinajstić information content (AvgIpc) is 3.54. The van der Waals surface area contributed by atoms with Crippen LogP contribution >= 0.6 is 0 Å². The van der Waals surface area contributed by atoms with Gasteiger partial charge in [-0.2, -0.15) is 0 Å². The molecule has 0 aromatic carbocycles. The number of carbonyl (C=O) groups excluding carboxylic acids is 2. The van der Waals surface area contributed by atoms with E-state index in [1.165, 1.54) is 24.8 Å². The molecule has 2 heterocycles. The zero-order chi connectivity index (χ0) is 24.4. The molecule has 0 aromatic rings. The summed E-state index contributed by atoms with van der Waals surface area (Å²) in [4.78, 5) is 24.0. The summed E-state index contributed by atoms with van der Waals surface area (Å²) in [5, 5.41) is 11.5. The van der Waals surface area contributed by atoms with Gasteiger partial charge in [0.2, 0.25) is 0 Å². The van der Waals surface area contributed by atoms with E-state index in [-0.39, 0.29) is 35.5 Å². The van der Waals surface area contributed by atoms with Gasteiger partial charge in [0.15, 0.2) is 5.78 Å². The van der Waals surface area contributed by atoms with Crippen LogP contribution < -0.4 is 0 Å². The van der Waals surface area contributed by atoms with E-state index in [9.17, 15) is 14.7 Å². The second-order valence-corrected chi connectivity index (χ2v) is 12.3. The van der Waals surface area contributed by atoms with Crippen LogP contribution in [0.1, 0.15) is 86.0 Å². The van der Waals surface area contributed by atoms with Crippen LogP contribution in [-0.2, 0) is 19.1 Å². The van der Waals surface area contributed by atoms with Crippen molar-refractivity contribution >= 4 is 11.8 Å². The molecule has 0 unspecified atom stereocenters.